The number of rotatable bonds is 3. The number of aromatic nitrogens is 1. The number of hydrogen-bond acceptors (Lipinski definition) is 4. The van der Waals surface area contributed by atoms with Crippen molar-refractivity contribution < 1.29 is 9.53 Å². The van der Waals surface area contributed by atoms with E-state index >= 15 is 0 Å². The highest BCUT2D eigenvalue weighted by Crippen LogP contribution is 2.24. The fraction of sp³-hybridized carbons (Fsp3) is 0.111. The summed E-state index contributed by atoms with van der Waals surface area (Å²) in [6, 6.07) is 13.6. The Bertz CT molecular complexity index is 847. The number of carbonyl (C=O) groups excluding carboxylic acids is 1. The number of nitrogens with zero attached hydrogens (tertiary/aromatic N) is 1. The highest BCUT2D eigenvalue weighted by molar-refractivity contribution is 7.19. The molecule has 22 heavy (non-hydrogen) atoms. The number of methoxy groups -OCH3 is 1. The fourth-order valence-corrected chi connectivity index (χ4v) is 2.99. The molecule has 0 N–H and O–H groups in total. The number of fused-ring (bicyclic) bond motifs is 1. The molecule has 0 radical (unpaired) electrons. The largest absolute Gasteiger partial charge is 0.465 e. The van der Waals surface area contributed by atoms with Gasteiger partial charge in [-0.05, 0) is 48.4 Å². The SMILES string of the molecule is COC(=O)c1ccc(/C=C/c2nc3cc(C)ccc3s2)cc1. The second-order valence-electron chi connectivity index (χ2n) is 4.97. The lowest BCUT2D eigenvalue weighted by Crippen LogP contribution is -2.00. The van der Waals surface area contributed by atoms with Crippen molar-refractivity contribution in [3.63, 3.8) is 0 Å². The Balaban J connectivity index is 1.81. The Hall–Kier alpha value is -2.46. The van der Waals surface area contributed by atoms with Crippen LogP contribution in [-0.4, -0.2) is 18.1 Å². The monoisotopic (exact) mass is 309 g/mol. The van der Waals surface area contributed by atoms with Crippen LogP contribution >= 0.6 is 11.3 Å². The molecule has 0 aliphatic rings. The van der Waals surface area contributed by atoms with Gasteiger partial charge in [-0.2, -0.15) is 0 Å². The Labute approximate surface area is 132 Å². The smallest absolute Gasteiger partial charge is 0.337 e. The summed E-state index contributed by atoms with van der Waals surface area (Å²) in [5, 5.41) is 0.970. The van der Waals surface area contributed by atoms with E-state index in [9.17, 15) is 4.79 Å². The average molecular weight is 309 g/mol. The van der Waals surface area contributed by atoms with Crippen LogP contribution in [0.4, 0.5) is 0 Å². The van der Waals surface area contributed by atoms with E-state index in [1.165, 1.54) is 17.4 Å². The normalized spacial score (nSPS) is 11.2. The van der Waals surface area contributed by atoms with Crippen LogP contribution in [0.5, 0.6) is 0 Å². The van der Waals surface area contributed by atoms with Gasteiger partial charge >= 0.3 is 5.97 Å². The van der Waals surface area contributed by atoms with E-state index in [0.29, 0.717) is 5.56 Å². The molecule has 3 aromatic rings. The zero-order valence-electron chi connectivity index (χ0n) is 12.4. The highest BCUT2D eigenvalue weighted by atomic mass is 32.1. The summed E-state index contributed by atoms with van der Waals surface area (Å²) >= 11 is 1.66. The predicted molar refractivity (Wildman–Crippen MR) is 91.1 cm³/mol. The summed E-state index contributed by atoms with van der Waals surface area (Å²) in [4.78, 5) is 16.0. The van der Waals surface area contributed by atoms with E-state index in [4.69, 9.17) is 0 Å². The van der Waals surface area contributed by atoms with E-state index in [-0.39, 0.29) is 5.97 Å². The molecule has 3 rings (SSSR count). The number of ether oxygens (including phenoxy) is 1. The third-order valence-corrected chi connectivity index (χ3v) is 4.31. The molecule has 3 nitrogen and oxygen atoms in total. The Morgan fingerprint density at radius 3 is 2.64 bits per heavy atom. The van der Waals surface area contributed by atoms with Gasteiger partial charge in [0.05, 0.1) is 22.9 Å². The third-order valence-electron chi connectivity index (χ3n) is 3.31. The van der Waals surface area contributed by atoms with Gasteiger partial charge in [-0.15, -0.1) is 11.3 Å². The molecule has 0 saturated heterocycles. The van der Waals surface area contributed by atoms with Gasteiger partial charge in [0.25, 0.3) is 0 Å². The van der Waals surface area contributed by atoms with Crippen LogP contribution in [0.2, 0.25) is 0 Å². The lowest BCUT2D eigenvalue weighted by molar-refractivity contribution is 0.0601. The van der Waals surface area contributed by atoms with E-state index in [1.807, 2.05) is 24.3 Å². The van der Waals surface area contributed by atoms with Gasteiger partial charge in [0.15, 0.2) is 0 Å². The van der Waals surface area contributed by atoms with Crippen molar-refractivity contribution in [3.8, 4) is 0 Å². The Morgan fingerprint density at radius 1 is 1.14 bits per heavy atom. The van der Waals surface area contributed by atoms with Crippen LogP contribution < -0.4 is 0 Å². The van der Waals surface area contributed by atoms with Crippen molar-refractivity contribution in [3.05, 3.63) is 64.2 Å². The summed E-state index contributed by atoms with van der Waals surface area (Å²) < 4.78 is 5.87. The molecule has 2 aromatic carbocycles. The minimum atomic E-state index is -0.322. The van der Waals surface area contributed by atoms with Crippen LogP contribution in [-0.2, 0) is 4.74 Å². The molecular formula is C18H15NO2S. The maximum atomic E-state index is 11.4. The minimum Gasteiger partial charge on any atom is -0.465 e. The molecule has 0 saturated carbocycles. The van der Waals surface area contributed by atoms with Crippen LogP contribution in [0.1, 0.15) is 26.5 Å². The number of benzene rings is 2. The number of thiazole rings is 1. The van der Waals surface area contributed by atoms with Crippen molar-refractivity contribution in [2.24, 2.45) is 0 Å². The van der Waals surface area contributed by atoms with Crippen LogP contribution in [0.25, 0.3) is 22.4 Å². The molecule has 1 heterocycles. The van der Waals surface area contributed by atoms with Crippen molar-refractivity contribution in [1.82, 2.24) is 4.98 Å². The van der Waals surface area contributed by atoms with Crippen molar-refractivity contribution in [2.75, 3.05) is 7.11 Å². The summed E-state index contributed by atoms with van der Waals surface area (Å²) in [5.74, 6) is -0.322. The quantitative estimate of drug-likeness (QED) is 0.666. The molecular weight excluding hydrogens is 294 g/mol. The fourth-order valence-electron chi connectivity index (χ4n) is 2.14. The molecule has 0 aliphatic carbocycles. The van der Waals surface area contributed by atoms with Gasteiger partial charge in [0.1, 0.15) is 5.01 Å². The summed E-state index contributed by atoms with van der Waals surface area (Å²) in [5.41, 5.74) is 3.82. The molecule has 0 atom stereocenters. The first-order valence-electron chi connectivity index (χ1n) is 6.89. The number of aryl methyl sites for hydroxylation is 1. The second-order valence-corrected chi connectivity index (χ2v) is 6.03. The average Bonchev–Trinajstić information content (AvgIpc) is 2.94. The topological polar surface area (TPSA) is 39.2 Å². The van der Waals surface area contributed by atoms with E-state index in [0.717, 1.165) is 16.1 Å². The van der Waals surface area contributed by atoms with Crippen molar-refractivity contribution >= 4 is 39.7 Å². The van der Waals surface area contributed by atoms with Crippen molar-refractivity contribution in [2.45, 2.75) is 6.92 Å². The molecule has 4 heteroatoms. The van der Waals surface area contributed by atoms with Crippen molar-refractivity contribution in [1.29, 1.82) is 0 Å². The third kappa shape index (κ3) is 3.07. The number of esters is 1. The lowest BCUT2D eigenvalue weighted by atomic mass is 10.1. The molecule has 0 bridgehead atoms. The first-order chi connectivity index (χ1) is 10.7. The van der Waals surface area contributed by atoms with E-state index in [2.05, 4.69) is 34.8 Å². The first kappa shape index (κ1) is 14.5. The van der Waals surface area contributed by atoms with Gasteiger partial charge in [-0.1, -0.05) is 24.3 Å². The molecule has 0 unspecified atom stereocenters. The molecule has 1 aromatic heterocycles. The molecule has 0 fully saturated rings. The van der Waals surface area contributed by atoms with Crippen LogP contribution in [0.3, 0.4) is 0 Å². The number of hydrogen-bond donors (Lipinski definition) is 0. The van der Waals surface area contributed by atoms with Gasteiger partial charge in [-0.25, -0.2) is 9.78 Å². The highest BCUT2D eigenvalue weighted by Gasteiger charge is 2.04. The van der Waals surface area contributed by atoms with Crippen LogP contribution in [0.15, 0.2) is 42.5 Å². The van der Waals surface area contributed by atoms with Gasteiger partial charge in [0.2, 0.25) is 0 Å². The molecule has 110 valence electrons. The standard InChI is InChI=1S/C18H15NO2S/c1-12-3-9-16-15(11-12)19-17(22-16)10-6-13-4-7-14(8-5-13)18(20)21-2/h3-11H,1-2H3/b10-6+. The zero-order chi connectivity index (χ0) is 15.5. The van der Waals surface area contributed by atoms with E-state index < -0.39 is 0 Å². The van der Waals surface area contributed by atoms with Crippen LogP contribution in [0, 0.1) is 6.92 Å². The predicted octanol–water partition coefficient (Wildman–Crippen LogP) is 4.56. The maximum Gasteiger partial charge on any atom is 0.337 e. The first-order valence-corrected chi connectivity index (χ1v) is 7.71. The molecule has 0 aliphatic heterocycles. The summed E-state index contributed by atoms with van der Waals surface area (Å²) in [6.07, 6.45) is 3.98. The van der Waals surface area contributed by atoms with Gasteiger partial charge < -0.3 is 4.74 Å². The summed E-state index contributed by atoms with van der Waals surface area (Å²) in [7, 11) is 1.38. The molecule has 0 amide bonds. The Kier molecular flexibility index (Phi) is 4.02. The maximum absolute atomic E-state index is 11.4. The van der Waals surface area contributed by atoms with Gasteiger partial charge in [0, 0.05) is 0 Å². The lowest BCUT2D eigenvalue weighted by Gasteiger charge is -1.98. The molecule has 0 spiro atoms. The van der Waals surface area contributed by atoms with E-state index in [1.54, 1.807) is 23.5 Å². The zero-order valence-corrected chi connectivity index (χ0v) is 13.2. The number of carbonyl (C=O) groups is 1. The second kappa shape index (κ2) is 6.12. The summed E-state index contributed by atoms with van der Waals surface area (Å²) in [6.45, 7) is 2.07. The Morgan fingerprint density at radius 2 is 1.91 bits per heavy atom. The minimum absolute atomic E-state index is 0.322. The van der Waals surface area contributed by atoms with Gasteiger partial charge in [-0.3, -0.25) is 0 Å².